The Bertz CT molecular complexity index is 430. The monoisotopic (exact) mass is 293 g/mol. The highest BCUT2D eigenvalue weighted by molar-refractivity contribution is 6.32. The van der Waals surface area contributed by atoms with E-state index >= 15 is 0 Å². The van der Waals surface area contributed by atoms with Crippen LogP contribution >= 0.6 is 11.6 Å². The summed E-state index contributed by atoms with van der Waals surface area (Å²) in [6.45, 7) is 0. The lowest BCUT2D eigenvalue weighted by molar-refractivity contribution is -0.274. The minimum Gasteiger partial charge on any atom is -0.404 e. The third kappa shape index (κ3) is 4.49. The normalized spacial score (nSPS) is 17.3. The van der Waals surface area contributed by atoms with E-state index in [4.69, 9.17) is 11.6 Å². The molecule has 0 aliphatic heterocycles. The Labute approximate surface area is 114 Å². The fourth-order valence-electron chi connectivity index (χ4n) is 2.28. The van der Waals surface area contributed by atoms with E-state index in [-0.39, 0.29) is 10.8 Å². The van der Waals surface area contributed by atoms with Crippen molar-refractivity contribution < 1.29 is 17.9 Å². The van der Waals surface area contributed by atoms with Gasteiger partial charge in [0.1, 0.15) is 5.75 Å². The first kappa shape index (κ1) is 14.3. The summed E-state index contributed by atoms with van der Waals surface area (Å²) < 4.78 is 40.1. The molecular formula is C13H15ClF3NO. The maximum absolute atomic E-state index is 12.1. The minimum atomic E-state index is -4.72. The van der Waals surface area contributed by atoms with Gasteiger partial charge in [0.2, 0.25) is 0 Å². The molecule has 6 heteroatoms. The van der Waals surface area contributed by atoms with Crippen molar-refractivity contribution in [1.82, 2.24) is 0 Å². The molecule has 1 saturated carbocycles. The van der Waals surface area contributed by atoms with Crippen LogP contribution in [0.1, 0.15) is 32.1 Å². The summed E-state index contributed by atoms with van der Waals surface area (Å²) in [7, 11) is 0. The van der Waals surface area contributed by atoms with Crippen LogP contribution in [0.3, 0.4) is 0 Å². The summed E-state index contributed by atoms with van der Waals surface area (Å²) in [5.41, 5.74) is 0.728. The first-order valence-corrected chi connectivity index (χ1v) is 6.64. The molecule has 19 heavy (non-hydrogen) atoms. The van der Waals surface area contributed by atoms with Crippen LogP contribution in [0.25, 0.3) is 0 Å². The fourth-order valence-corrected chi connectivity index (χ4v) is 2.50. The highest BCUT2D eigenvalue weighted by atomic mass is 35.5. The summed E-state index contributed by atoms with van der Waals surface area (Å²) in [6, 6.07) is 4.64. The number of nitrogens with one attached hydrogen (secondary N) is 1. The second kappa shape index (κ2) is 5.90. The first-order chi connectivity index (χ1) is 8.94. The molecule has 1 N–H and O–H groups in total. The number of hydrogen-bond donors (Lipinski definition) is 1. The van der Waals surface area contributed by atoms with E-state index in [2.05, 4.69) is 10.1 Å². The molecule has 0 amide bonds. The van der Waals surface area contributed by atoms with Crippen LogP contribution in [0, 0.1) is 0 Å². The molecule has 1 fully saturated rings. The van der Waals surface area contributed by atoms with Crippen molar-refractivity contribution in [2.24, 2.45) is 0 Å². The van der Waals surface area contributed by atoms with E-state index in [1.807, 2.05) is 0 Å². The Morgan fingerprint density at radius 1 is 1.16 bits per heavy atom. The fraction of sp³-hybridized carbons (Fsp3) is 0.538. The molecule has 1 aromatic rings. The molecule has 1 aliphatic rings. The molecule has 106 valence electrons. The van der Waals surface area contributed by atoms with Gasteiger partial charge in [-0.05, 0) is 31.0 Å². The van der Waals surface area contributed by atoms with Crippen molar-refractivity contribution in [1.29, 1.82) is 0 Å². The zero-order chi connectivity index (χ0) is 13.9. The van der Waals surface area contributed by atoms with E-state index in [1.54, 1.807) is 6.07 Å². The van der Waals surface area contributed by atoms with Crippen LogP contribution in [0.5, 0.6) is 5.75 Å². The Hall–Kier alpha value is -1.10. The molecule has 0 atom stereocenters. The number of alkyl halides is 3. The van der Waals surface area contributed by atoms with Crippen LogP contribution in [-0.2, 0) is 0 Å². The number of anilines is 1. The number of benzene rings is 1. The molecule has 0 saturated heterocycles. The lowest BCUT2D eigenvalue weighted by Gasteiger charge is -2.24. The van der Waals surface area contributed by atoms with Crippen LogP contribution in [0.2, 0.25) is 5.02 Å². The quantitative estimate of drug-likeness (QED) is 0.848. The van der Waals surface area contributed by atoms with E-state index in [0.29, 0.717) is 6.04 Å². The van der Waals surface area contributed by atoms with Gasteiger partial charge in [-0.15, -0.1) is 13.2 Å². The van der Waals surface area contributed by atoms with Crippen LogP contribution in [0.4, 0.5) is 18.9 Å². The standard InChI is InChI=1S/C13H15ClF3NO/c14-11-8-10(18-9-4-2-1-3-5-9)6-7-12(11)19-13(15,16)17/h6-9,18H,1-5H2. The topological polar surface area (TPSA) is 21.3 Å². The van der Waals surface area contributed by atoms with Gasteiger partial charge in [-0.3, -0.25) is 0 Å². The van der Waals surface area contributed by atoms with Gasteiger partial charge < -0.3 is 10.1 Å². The molecular weight excluding hydrogens is 279 g/mol. The second-order valence-electron chi connectivity index (χ2n) is 4.67. The lowest BCUT2D eigenvalue weighted by atomic mass is 9.95. The van der Waals surface area contributed by atoms with Crippen molar-refractivity contribution in [3.05, 3.63) is 23.2 Å². The predicted octanol–water partition coefficient (Wildman–Crippen LogP) is 4.98. The van der Waals surface area contributed by atoms with Crippen molar-refractivity contribution in [2.75, 3.05) is 5.32 Å². The lowest BCUT2D eigenvalue weighted by Crippen LogP contribution is -2.22. The zero-order valence-corrected chi connectivity index (χ0v) is 11.0. The highest BCUT2D eigenvalue weighted by Crippen LogP contribution is 2.33. The van der Waals surface area contributed by atoms with Gasteiger partial charge in [0, 0.05) is 11.7 Å². The van der Waals surface area contributed by atoms with Crippen LogP contribution < -0.4 is 10.1 Å². The molecule has 0 radical (unpaired) electrons. The first-order valence-electron chi connectivity index (χ1n) is 6.26. The van der Waals surface area contributed by atoms with Gasteiger partial charge >= 0.3 is 6.36 Å². The molecule has 0 aromatic heterocycles. The Balaban J connectivity index is 2.01. The van der Waals surface area contributed by atoms with Crippen molar-refractivity contribution in [3.8, 4) is 5.75 Å². The maximum atomic E-state index is 12.1. The second-order valence-corrected chi connectivity index (χ2v) is 5.08. The van der Waals surface area contributed by atoms with Crippen molar-refractivity contribution in [2.45, 2.75) is 44.5 Å². The Morgan fingerprint density at radius 2 is 1.84 bits per heavy atom. The highest BCUT2D eigenvalue weighted by Gasteiger charge is 2.32. The predicted molar refractivity (Wildman–Crippen MR) is 68.6 cm³/mol. The van der Waals surface area contributed by atoms with E-state index in [9.17, 15) is 13.2 Å². The van der Waals surface area contributed by atoms with Gasteiger partial charge in [0.25, 0.3) is 0 Å². The number of ether oxygens (including phenoxy) is 1. The number of hydrogen-bond acceptors (Lipinski definition) is 2. The molecule has 1 aromatic carbocycles. The van der Waals surface area contributed by atoms with Crippen molar-refractivity contribution in [3.63, 3.8) is 0 Å². The average Bonchev–Trinajstić information content (AvgIpc) is 2.33. The summed E-state index contributed by atoms with van der Waals surface area (Å²) in [5, 5.41) is 3.25. The van der Waals surface area contributed by atoms with Gasteiger partial charge in [-0.1, -0.05) is 30.9 Å². The average molecular weight is 294 g/mol. The maximum Gasteiger partial charge on any atom is 0.573 e. The molecule has 2 rings (SSSR count). The van der Waals surface area contributed by atoms with Gasteiger partial charge in [-0.2, -0.15) is 0 Å². The van der Waals surface area contributed by atoms with Crippen molar-refractivity contribution >= 4 is 17.3 Å². The van der Waals surface area contributed by atoms with Gasteiger partial charge in [-0.25, -0.2) is 0 Å². The van der Waals surface area contributed by atoms with Gasteiger partial charge in [0.15, 0.2) is 0 Å². The number of rotatable bonds is 3. The smallest absolute Gasteiger partial charge is 0.404 e. The van der Waals surface area contributed by atoms with Crippen LogP contribution in [0.15, 0.2) is 18.2 Å². The zero-order valence-electron chi connectivity index (χ0n) is 10.3. The van der Waals surface area contributed by atoms with E-state index in [1.165, 1.54) is 31.4 Å². The Morgan fingerprint density at radius 3 is 2.42 bits per heavy atom. The largest absolute Gasteiger partial charge is 0.573 e. The summed E-state index contributed by atoms with van der Waals surface area (Å²) in [5.74, 6) is -0.372. The molecule has 0 spiro atoms. The molecule has 0 unspecified atom stereocenters. The third-order valence-corrected chi connectivity index (χ3v) is 3.43. The summed E-state index contributed by atoms with van der Waals surface area (Å²) in [4.78, 5) is 0. The molecule has 2 nitrogen and oxygen atoms in total. The van der Waals surface area contributed by atoms with Gasteiger partial charge in [0.05, 0.1) is 5.02 Å². The summed E-state index contributed by atoms with van der Waals surface area (Å²) in [6.07, 6.45) is 1.05. The molecule has 0 heterocycles. The Kier molecular flexibility index (Phi) is 4.45. The molecule has 1 aliphatic carbocycles. The van der Waals surface area contributed by atoms with E-state index < -0.39 is 6.36 Å². The SMILES string of the molecule is FC(F)(F)Oc1ccc(NC2CCCCC2)cc1Cl. The summed E-state index contributed by atoms with van der Waals surface area (Å²) >= 11 is 5.79. The third-order valence-electron chi connectivity index (χ3n) is 3.13. The molecule has 0 bridgehead atoms. The van der Waals surface area contributed by atoms with Crippen LogP contribution in [-0.4, -0.2) is 12.4 Å². The minimum absolute atomic E-state index is 0.0434. The van der Waals surface area contributed by atoms with E-state index in [0.717, 1.165) is 18.5 Å². The number of halogens is 4.